The van der Waals surface area contributed by atoms with Crippen molar-refractivity contribution in [1.29, 1.82) is 0 Å². The summed E-state index contributed by atoms with van der Waals surface area (Å²) in [6, 6.07) is 17.7. The highest BCUT2D eigenvalue weighted by Crippen LogP contribution is 2.27. The highest BCUT2D eigenvalue weighted by atomic mass is 35.5. The van der Waals surface area contributed by atoms with E-state index in [2.05, 4.69) is 0 Å². The Morgan fingerprint density at radius 2 is 1.82 bits per heavy atom. The van der Waals surface area contributed by atoms with E-state index in [1.165, 1.54) is 0 Å². The van der Waals surface area contributed by atoms with E-state index in [0.29, 0.717) is 25.5 Å². The molecule has 3 rings (SSSR count). The maximum atomic E-state index is 12.0. The maximum Gasteiger partial charge on any atom is 0.227 e. The molecular formula is C18H18ClNO2. The number of carbonyl (C=O) groups is 1. The van der Waals surface area contributed by atoms with Crippen LogP contribution in [0.2, 0.25) is 0 Å². The Balaban J connectivity index is 1.62. The number of carbonyl (C=O) groups excluding carboxylic acids is 1. The first kappa shape index (κ1) is 14.9. The van der Waals surface area contributed by atoms with Crippen molar-refractivity contribution in [3.8, 4) is 5.75 Å². The molecule has 0 saturated carbocycles. The number of nitrogens with zero attached hydrogens (tertiary/aromatic N) is 1. The first-order chi connectivity index (χ1) is 10.8. The minimum absolute atomic E-state index is 0.142. The molecule has 0 radical (unpaired) electrons. The number of hydrogen-bond acceptors (Lipinski definition) is 2. The van der Waals surface area contributed by atoms with Gasteiger partial charge in [0, 0.05) is 24.5 Å². The van der Waals surface area contributed by atoms with Crippen molar-refractivity contribution in [3.63, 3.8) is 0 Å². The zero-order chi connectivity index (χ0) is 15.4. The van der Waals surface area contributed by atoms with Crippen molar-refractivity contribution < 1.29 is 9.53 Å². The number of benzene rings is 2. The van der Waals surface area contributed by atoms with Crippen LogP contribution in [0.5, 0.6) is 5.75 Å². The molecule has 1 atom stereocenters. The molecule has 114 valence electrons. The molecule has 0 spiro atoms. The lowest BCUT2D eigenvalue weighted by Crippen LogP contribution is -2.24. The molecule has 1 fully saturated rings. The van der Waals surface area contributed by atoms with Crippen LogP contribution in [-0.2, 0) is 11.4 Å². The fraction of sp³-hybridized carbons (Fsp3) is 0.278. The Hall–Kier alpha value is -2.00. The molecule has 0 bridgehead atoms. The number of rotatable bonds is 5. The van der Waals surface area contributed by atoms with Crippen molar-refractivity contribution in [2.24, 2.45) is 5.92 Å². The molecule has 0 aromatic heterocycles. The molecule has 2 aromatic rings. The molecule has 22 heavy (non-hydrogen) atoms. The Labute approximate surface area is 135 Å². The van der Waals surface area contributed by atoms with Gasteiger partial charge >= 0.3 is 0 Å². The highest BCUT2D eigenvalue weighted by molar-refractivity contribution is 6.18. The molecule has 1 saturated heterocycles. The van der Waals surface area contributed by atoms with Gasteiger partial charge in [0.05, 0.1) is 0 Å². The summed E-state index contributed by atoms with van der Waals surface area (Å²) >= 11 is 5.85. The van der Waals surface area contributed by atoms with Crippen molar-refractivity contribution in [2.45, 2.75) is 13.0 Å². The second-order valence-corrected chi connectivity index (χ2v) is 5.81. The summed E-state index contributed by atoms with van der Waals surface area (Å²) in [5.74, 6) is 1.72. The maximum absolute atomic E-state index is 12.0. The Morgan fingerprint density at radius 1 is 1.09 bits per heavy atom. The van der Waals surface area contributed by atoms with E-state index in [1.807, 2.05) is 54.6 Å². The smallest absolute Gasteiger partial charge is 0.227 e. The van der Waals surface area contributed by atoms with Crippen molar-refractivity contribution in [1.82, 2.24) is 0 Å². The molecule has 1 amide bonds. The topological polar surface area (TPSA) is 29.5 Å². The number of amides is 1. The van der Waals surface area contributed by atoms with Gasteiger partial charge in [0.2, 0.25) is 5.91 Å². The van der Waals surface area contributed by atoms with Gasteiger partial charge in [0.1, 0.15) is 12.4 Å². The van der Waals surface area contributed by atoms with Crippen LogP contribution >= 0.6 is 11.6 Å². The second-order valence-electron chi connectivity index (χ2n) is 5.50. The number of hydrogen-bond donors (Lipinski definition) is 0. The molecule has 1 aliphatic heterocycles. The summed E-state index contributed by atoms with van der Waals surface area (Å²) in [6.07, 6.45) is 0.537. The summed E-state index contributed by atoms with van der Waals surface area (Å²) in [5, 5.41) is 0. The summed E-state index contributed by atoms with van der Waals surface area (Å²) < 4.78 is 5.75. The van der Waals surface area contributed by atoms with Gasteiger partial charge in [-0.15, -0.1) is 11.6 Å². The van der Waals surface area contributed by atoms with Crippen LogP contribution in [0, 0.1) is 5.92 Å². The minimum atomic E-state index is 0.142. The van der Waals surface area contributed by atoms with Gasteiger partial charge in [-0.25, -0.2) is 0 Å². The first-order valence-corrected chi connectivity index (χ1v) is 7.93. The fourth-order valence-electron chi connectivity index (χ4n) is 2.60. The van der Waals surface area contributed by atoms with E-state index in [1.54, 1.807) is 4.90 Å². The lowest BCUT2D eigenvalue weighted by molar-refractivity contribution is -0.117. The van der Waals surface area contributed by atoms with Crippen LogP contribution in [0.15, 0.2) is 54.6 Å². The van der Waals surface area contributed by atoms with E-state index in [0.717, 1.165) is 17.0 Å². The number of ether oxygens (including phenoxy) is 1. The predicted octanol–water partition coefficient (Wildman–Crippen LogP) is 3.86. The molecule has 1 aliphatic rings. The van der Waals surface area contributed by atoms with Crippen LogP contribution < -0.4 is 9.64 Å². The van der Waals surface area contributed by atoms with Gasteiger partial charge in [-0.1, -0.05) is 30.3 Å². The third-order valence-electron chi connectivity index (χ3n) is 3.82. The van der Waals surface area contributed by atoms with Crippen molar-refractivity contribution in [3.05, 3.63) is 60.2 Å². The van der Waals surface area contributed by atoms with E-state index in [9.17, 15) is 4.79 Å². The molecule has 3 nitrogen and oxygen atoms in total. The Bertz CT molecular complexity index is 627. The summed E-state index contributed by atoms with van der Waals surface area (Å²) in [4.78, 5) is 13.8. The number of anilines is 1. The SMILES string of the molecule is O=C1CC(CCl)CN1c1ccc(OCc2ccccc2)cc1. The second kappa shape index (κ2) is 6.84. The zero-order valence-electron chi connectivity index (χ0n) is 12.2. The van der Waals surface area contributed by atoms with Crippen LogP contribution in [-0.4, -0.2) is 18.3 Å². The average molecular weight is 316 g/mol. The van der Waals surface area contributed by atoms with Gasteiger partial charge < -0.3 is 9.64 Å². The molecule has 4 heteroatoms. The van der Waals surface area contributed by atoms with Crippen LogP contribution in [0.3, 0.4) is 0 Å². The Kier molecular flexibility index (Phi) is 4.64. The quantitative estimate of drug-likeness (QED) is 0.784. The third-order valence-corrected chi connectivity index (χ3v) is 4.26. The largest absolute Gasteiger partial charge is 0.489 e. The predicted molar refractivity (Wildman–Crippen MR) is 88.4 cm³/mol. The molecule has 0 aliphatic carbocycles. The lowest BCUT2D eigenvalue weighted by Gasteiger charge is -2.17. The molecule has 0 N–H and O–H groups in total. The monoisotopic (exact) mass is 315 g/mol. The highest BCUT2D eigenvalue weighted by Gasteiger charge is 2.29. The summed E-state index contributed by atoms with van der Waals surface area (Å²) in [6.45, 7) is 1.24. The summed E-state index contributed by atoms with van der Waals surface area (Å²) in [7, 11) is 0. The van der Waals surface area contributed by atoms with Crippen molar-refractivity contribution in [2.75, 3.05) is 17.3 Å². The van der Waals surface area contributed by atoms with Crippen LogP contribution in [0.25, 0.3) is 0 Å². The van der Waals surface area contributed by atoms with E-state index >= 15 is 0 Å². The van der Waals surface area contributed by atoms with E-state index < -0.39 is 0 Å². The number of halogens is 1. The normalized spacial score (nSPS) is 17.8. The molecule has 1 heterocycles. The fourth-order valence-corrected chi connectivity index (χ4v) is 2.80. The minimum Gasteiger partial charge on any atom is -0.489 e. The first-order valence-electron chi connectivity index (χ1n) is 7.39. The van der Waals surface area contributed by atoms with E-state index in [-0.39, 0.29) is 11.8 Å². The van der Waals surface area contributed by atoms with Crippen molar-refractivity contribution >= 4 is 23.2 Å². The van der Waals surface area contributed by atoms with Crippen LogP contribution in [0.1, 0.15) is 12.0 Å². The third kappa shape index (κ3) is 3.42. The van der Waals surface area contributed by atoms with Gasteiger partial charge in [0.15, 0.2) is 0 Å². The van der Waals surface area contributed by atoms with Gasteiger partial charge in [0.25, 0.3) is 0 Å². The lowest BCUT2D eigenvalue weighted by atomic mass is 10.1. The molecular weight excluding hydrogens is 298 g/mol. The van der Waals surface area contributed by atoms with E-state index in [4.69, 9.17) is 16.3 Å². The molecule has 1 unspecified atom stereocenters. The van der Waals surface area contributed by atoms with Gasteiger partial charge in [-0.05, 0) is 35.7 Å². The zero-order valence-corrected chi connectivity index (χ0v) is 13.0. The molecule has 2 aromatic carbocycles. The Morgan fingerprint density at radius 3 is 2.45 bits per heavy atom. The van der Waals surface area contributed by atoms with Gasteiger partial charge in [-0.2, -0.15) is 0 Å². The van der Waals surface area contributed by atoms with Gasteiger partial charge in [-0.3, -0.25) is 4.79 Å². The summed E-state index contributed by atoms with van der Waals surface area (Å²) in [5.41, 5.74) is 2.04. The average Bonchev–Trinajstić information content (AvgIpc) is 2.95. The standard InChI is InChI=1S/C18H18ClNO2/c19-11-15-10-18(21)20(12-15)16-6-8-17(9-7-16)22-13-14-4-2-1-3-5-14/h1-9,15H,10-13H2. The van der Waals surface area contributed by atoms with Crippen LogP contribution in [0.4, 0.5) is 5.69 Å². The number of alkyl halides is 1.